The molecule has 0 bridgehead atoms. The molecule has 0 unspecified atom stereocenters. The molecule has 0 saturated heterocycles. The van der Waals surface area contributed by atoms with Crippen LogP contribution in [0.15, 0.2) is 22.7 Å². The van der Waals surface area contributed by atoms with Crippen LogP contribution in [0.5, 0.6) is 5.75 Å². The Kier molecular flexibility index (Phi) is 4.49. The van der Waals surface area contributed by atoms with Gasteiger partial charge >= 0.3 is 0 Å². The van der Waals surface area contributed by atoms with Gasteiger partial charge in [0.05, 0.1) is 19.1 Å². The van der Waals surface area contributed by atoms with E-state index in [9.17, 15) is 4.39 Å². The molecule has 7 heteroatoms. The molecule has 0 atom stereocenters. The van der Waals surface area contributed by atoms with Crippen molar-refractivity contribution in [2.75, 3.05) is 7.11 Å². The minimum Gasteiger partial charge on any atom is -0.494 e. The molecule has 1 aromatic carbocycles. The molecule has 0 spiro atoms. The summed E-state index contributed by atoms with van der Waals surface area (Å²) in [6.45, 7) is 0. The van der Waals surface area contributed by atoms with Gasteiger partial charge in [-0.05, 0) is 37.0 Å². The standard InChI is InChI=1S/C14H16FN3O2.ClH/c1-19-11-4-3-9(7-10(11)15)8-12-17-13(18-20-12)14(16)5-2-6-14;/h3-4,7H,2,5-6,8,16H2,1H3;1H. The summed E-state index contributed by atoms with van der Waals surface area (Å²) in [6, 6.07) is 4.76. The maximum absolute atomic E-state index is 13.6. The highest BCUT2D eigenvalue weighted by molar-refractivity contribution is 5.85. The number of nitrogens with zero attached hydrogens (tertiary/aromatic N) is 2. The Morgan fingerprint density at radius 1 is 1.43 bits per heavy atom. The van der Waals surface area contributed by atoms with Crippen LogP contribution in [-0.2, 0) is 12.0 Å². The highest BCUT2D eigenvalue weighted by Crippen LogP contribution is 2.37. The van der Waals surface area contributed by atoms with Crippen molar-refractivity contribution in [3.8, 4) is 5.75 Å². The molecular weight excluding hydrogens is 297 g/mol. The first-order valence-electron chi connectivity index (χ1n) is 6.55. The maximum Gasteiger partial charge on any atom is 0.231 e. The summed E-state index contributed by atoms with van der Waals surface area (Å²) >= 11 is 0. The number of benzene rings is 1. The van der Waals surface area contributed by atoms with E-state index in [4.69, 9.17) is 15.0 Å². The lowest BCUT2D eigenvalue weighted by atomic mass is 9.77. The van der Waals surface area contributed by atoms with Crippen LogP contribution in [0.1, 0.15) is 36.5 Å². The monoisotopic (exact) mass is 313 g/mol. The van der Waals surface area contributed by atoms with E-state index in [1.54, 1.807) is 12.1 Å². The lowest BCUT2D eigenvalue weighted by Gasteiger charge is -2.34. The second-order valence-electron chi connectivity index (χ2n) is 5.17. The molecule has 1 aliphatic rings. The summed E-state index contributed by atoms with van der Waals surface area (Å²) in [5, 5.41) is 3.93. The fourth-order valence-corrected chi connectivity index (χ4v) is 2.30. The van der Waals surface area contributed by atoms with Gasteiger partial charge in [-0.25, -0.2) is 4.39 Å². The van der Waals surface area contributed by atoms with Crippen molar-refractivity contribution < 1.29 is 13.7 Å². The van der Waals surface area contributed by atoms with E-state index in [1.165, 1.54) is 13.2 Å². The predicted molar refractivity (Wildman–Crippen MR) is 77.0 cm³/mol. The molecule has 1 saturated carbocycles. The first-order valence-corrected chi connectivity index (χ1v) is 6.55. The van der Waals surface area contributed by atoms with Gasteiger partial charge in [0.2, 0.25) is 5.89 Å². The second-order valence-corrected chi connectivity index (χ2v) is 5.17. The zero-order valence-electron chi connectivity index (χ0n) is 11.6. The first-order chi connectivity index (χ1) is 9.60. The number of halogens is 2. The average molecular weight is 314 g/mol. The van der Waals surface area contributed by atoms with E-state index in [1.807, 2.05) is 0 Å². The van der Waals surface area contributed by atoms with Crippen LogP contribution < -0.4 is 10.5 Å². The van der Waals surface area contributed by atoms with Crippen molar-refractivity contribution in [2.45, 2.75) is 31.2 Å². The maximum atomic E-state index is 13.6. The summed E-state index contributed by atoms with van der Waals surface area (Å²) < 4.78 is 23.7. The number of methoxy groups -OCH3 is 1. The quantitative estimate of drug-likeness (QED) is 0.939. The van der Waals surface area contributed by atoms with Crippen LogP contribution in [0, 0.1) is 5.82 Å². The van der Waals surface area contributed by atoms with Crippen LogP contribution in [0.3, 0.4) is 0 Å². The largest absolute Gasteiger partial charge is 0.494 e. The number of hydrogen-bond donors (Lipinski definition) is 1. The Bertz CT molecular complexity index is 628. The topological polar surface area (TPSA) is 74.2 Å². The Labute approximate surface area is 128 Å². The number of rotatable bonds is 4. The Hall–Kier alpha value is -1.66. The zero-order valence-corrected chi connectivity index (χ0v) is 12.5. The predicted octanol–water partition coefficient (Wildman–Crippen LogP) is 2.57. The number of hydrogen-bond acceptors (Lipinski definition) is 5. The van der Waals surface area contributed by atoms with Crippen molar-refractivity contribution >= 4 is 12.4 Å². The van der Waals surface area contributed by atoms with Crippen molar-refractivity contribution in [1.82, 2.24) is 10.1 Å². The third kappa shape index (κ3) is 3.01. The lowest BCUT2D eigenvalue weighted by molar-refractivity contribution is 0.229. The van der Waals surface area contributed by atoms with Crippen molar-refractivity contribution in [3.63, 3.8) is 0 Å². The van der Waals surface area contributed by atoms with Crippen LogP contribution >= 0.6 is 12.4 Å². The smallest absolute Gasteiger partial charge is 0.231 e. The van der Waals surface area contributed by atoms with Crippen LogP contribution in [0.25, 0.3) is 0 Å². The summed E-state index contributed by atoms with van der Waals surface area (Å²) in [6.07, 6.45) is 3.22. The first kappa shape index (κ1) is 15.7. The molecule has 1 heterocycles. The Morgan fingerprint density at radius 3 is 2.76 bits per heavy atom. The highest BCUT2D eigenvalue weighted by Gasteiger charge is 2.38. The number of ether oxygens (including phenoxy) is 1. The molecular formula is C14H17ClFN3O2. The molecule has 3 rings (SSSR count). The molecule has 1 aliphatic carbocycles. The number of nitrogens with two attached hydrogens (primary N) is 1. The van der Waals surface area contributed by atoms with Crippen molar-refractivity contribution in [3.05, 3.63) is 41.3 Å². The molecule has 1 fully saturated rings. The van der Waals surface area contributed by atoms with E-state index in [-0.39, 0.29) is 18.2 Å². The highest BCUT2D eigenvalue weighted by atomic mass is 35.5. The fraction of sp³-hybridized carbons (Fsp3) is 0.429. The van der Waals surface area contributed by atoms with Gasteiger partial charge in [0.1, 0.15) is 0 Å². The molecule has 114 valence electrons. The molecule has 0 aliphatic heterocycles. The van der Waals surface area contributed by atoms with Gasteiger partial charge in [-0.3, -0.25) is 0 Å². The van der Waals surface area contributed by atoms with Gasteiger partial charge < -0.3 is 15.0 Å². The molecule has 0 radical (unpaired) electrons. The van der Waals surface area contributed by atoms with Gasteiger partial charge in [0.25, 0.3) is 0 Å². The van der Waals surface area contributed by atoms with E-state index in [0.29, 0.717) is 18.1 Å². The van der Waals surface area contributed by atoms with E-state index < -0.39 is 11.4 Å². The summed E-state index contributed by atoms with van der Waals surface area (Å²) in [4.78, 5) is 4.32. The Morgan fingerprint density at radius 2 is 2.19 bits per heavy atom. The van der Waals surface area contributed by atoms with Crippen LogP contribution in [0.2, 0.25) is 0 Å². The van der Waals surface area contributed by atoms with Gasteiger partial charge in [-0.2, -0.15) is 4.98 Å². The summed E-state index contributed by atoms with van der Waals surface area (Å²) in [7, 11) is 1.43. The normalized spacial score (nSPS) is 16.0. The summed E-state index contributed by atoms with van der Waals surface area (Å²) in [5.74, 6) is 0.809. The van der Waals surface area contributed by atoms with E-state index in [2.05, 4.69) is 10.1 Å². The van der Waals surface area contributed by atoms with Gasteiger partial charge in [0.15, 0.2) is 17.4 Å². The molecule has 2 aromatic rings. The van der Waals surface area contributed by atoms with Gasteiger partial charge in [0, 0.05) is 0 Å². The summed E-state index contributed by atoms with van der Waals surface area (Å²) in [5.41, 5.74) is 6.44. The van der Waals surface area contributed by atoms with Gasteiger partial charge in [-0.1, -0.05) is 11.2 Å². The third-order valence-corrected chi connectivity index (χ3v) is 3.73. The molecule has 2 N–H and O–H groups in total. The second kappa shape index (κ2) is 5.99. The number of aromatic nitrogens is 2. The zero-order chi connectivity index (χ0) is 14.2. The van der Waals surface area contributed by atoms with Crippen molar-refractivity contribution in [1.29, 1.82) is 0 Å². The van der Waals surface area contributed by atoms with E-state index in [0.717, 1.165) is 24.8 Å². The Balaban J connectivity index is 0.00000161. The van der Waals surface area contributed by atoms with Crippen LogP contribution in [-0.4, -0.2) is 17.3 Å². The molecule has 21 heavy (non-hydrogen) atoms. The fourth-order valence-electron chi connectivity index (χ4n) is 2.30. The lowest BCUT2D eigenvalue weighted by Crippen LogP contribution is -2.44. The van der Waals surface area contributed by atoms with Gasteiger partial charge in [-0.15, -0.1) is 12.4 Å². The minimum absolute atomic E-state index is 0. The minimum atomic E-state index is -0.438. The van der Waals surface area contributed by atoms with Crippen LogP contribution in [0.4, 0.5) is 4.39 Å². The molecule has 5 nitrogen and oxygen atoms in total. The molecule has 1 aromatic heterocycles. The van der Waals surface area contributed by atoms with E-state index >= 15 is 0 Å². The molecule has 0 amide bonds. The SMILES string of the molecule is COc1ccc(Cc2nc(C3(N)CCC3)no2)cc1F.Cl. The average Bonchev–Trinajstić information content (AvgIpc) is 2.85. The third-order valence-electron chi connectivity index (χ3n) is 3.73. The van der Waals surface area contributed by atoms with Crippen molar-refractivity contribution in [2.24, 2.45) is 5.73 Å².